The van der Waals surface area contributed by atoms with Crippen LogP contribution in [-0.4, -0.2) is 20.2 Å². The van der Waals surface area contributed by atoms with Crippen molar-refractivity contribution in [1.29, 1.82) is 0 Å². The van der Waals surface area contributed by atoms with Gasteiger partial charge in [0.2, 0.25) is 0 Å². The van der Waals surface area contributed by atoms with Gasteiger partial charge in [-0.25, -0.2) is 8.42 Å². The van der Waals surface area contributed by atoms with Gasteiger partial charge in [-0.3, -0.25) is 5.32 Å². The number of hydrogen-bond donors (Lipinski definition) is 1. The maximum Gasteiger partial charge on any atom is 0.178 e. The van der Waals surface area contributed by atoms with Gasteiger partial charge in [-0.05, 0) is 30.0 Å². The number of rotatable bonds is 3. The van der Waals surface area contributed by atoms with E-state index in [9.17, 15) is 8.42 Å². The molecule has 1 N–H and O–H groups in total. The summed E-state index contributed by atoms with van der Waals surface area (Å²) in [7, 11) is -3.03. The summed E-state index contributed by atoms with van der Waals surface area (Å²) in [6.45, 7) is 0.677. The molecule has 0 unspecified atom stereocenters. The van der Waals surface area contributed by atoms with Gasteiger partial charge in [0.1, 0.15) is 0 Å². The summed E-state index contributed by atoms with van der Waals surface area (Å²) in [5, 5.41) is 3.01. The molecular formula is C11H14ClNO2S. The summed E-state index contributed by atoms with van der Waals surface area (Å²) in [6.07, 6.45) is 1.57. The van der Waals surface area contributed by atoms with Crippen molar-refractivity contribution in [2.75, 3.05) is 11.8 Å². The first-order valence-corrected chi connectivity index (χ1v) is 7.43. The molecule has 1 aliphatic rings. The molecule has 0 atom stereocenters. The van der Waals surface area contributed by atoms with Crippen LogP contribution in [0.1, 0.15) is 17.5 Å². The van der Waals surface area contributed by atoms with Gasteiger partial charge in [-0.15, -0.1) is 11.6 Å². The van der Waals surface area contributed by atoms with E-state index in [0.717, 1.165) is 24.0 Å². The highest BCUT2D eigenvalue weighted by Crippen LogP contribution is 2.25. The van der Waals surface area contributed by atoms with E-state index in [1.807, 2.05) is 12.1 Å². The van der Waals surface area contributed by atoms with E-state index in [2.05, 4.69) is 5.32 Å². The molecule has 1 aliphatic heterocycles. The van der Waals surface area contributed by atoms with E-state index in [4.69, 9.17) is 11.6 Å². The lowest BCUT2D eigenvalue weighted by Crippen LogP contribution is -2.17. The first kappa shape index (κ1) is 11.9. The molecule has 1 aromatic carbocycles. The first-order chi connectivity index (χ1) is 7.63. The van der Waals surface area contributed by atoms with Crippen molar-refractivity contribution >= 4 is 21.4 Å². The largest absolute Gasteiger partial charge is 0.300 e. The third-order valence-corrected chi connectivity index (χ3v) is 4.83. The summed E-state index contributed by atoms with van der Waals surface area (Å²) in [5.74, 6) is 0.277. The molecule has 3 nitrogen and oxygen atoms in total. The van der Waals surface area contributed by atoms with Crippen LogP contribution in [0.5, 0.6) is 0 Å². The van der Waals surface area contributed by atoms with Crippen molar-refractivity contribution in [2.24, 2.45) is 0 Å². The zero-order valence-electron chi connectivity index (χ0n) is 8.87. The fourth-order valence-corrected chi connectivity index (χ4v) is 3.67. The standard InChI is InChI=1S/C11H14ClNO2S/c12-8-13-7-9-3-4-11-10(6-9)2-1-5-16(11,14)15/h3-4,6,13H,1-2,5,7-8H2. The molecule has 88 valence electrons. The minimum atomic E-state index is -3.03. The molecule has 0 radical (unpaired) electrons. The number of sulfone groups is 1. The molecule has 16 heavy (non-hydrogen) atoms. The Morgan fingerprint density at radius 3 is 2.94 bits per heavy atom. The van der Waals surface area contributed by atoms with Crippen LogP contribution < -0.4 is 5.32 Å². The smallest absolute Gasteiger partial charge is 0.178 e. The fourth-order valence-electron chi connectivity index (χ4n) is 2.00. The van der Waals surface area contributed by atoms with Crippen molar-refractivity contribution in [2.45, 2.75) is 24.3 Å². The zero-order valence-corrected chi connectivity index (χ0v) is 10.4. The van der Waals surface area contributed by atoms with E-state index in [1.165, 1.54) is 0 Å². The molecule has 0 aliphatic carbocycles. The summed E-state index contributed by atoms with van der Waals surface area (Å²) < 4.78 is 23.5. The summed E-state index contributed by atoms with van der Waals surface area (Å²) >= 11 is 5.53. The lowest BCUT2D eigenvalue weighted by Gasteiger charge is -2.17. The SMILES string of the molecule is O=S1(=O)CCCc2cc(CNCCl)ccc21. The Hall–Kier alpha value is -0.580. The van der Waals surface area contributed by atoms with Gasteiger partial charge in [0.25, 0.3) is 0 Å². The molecule has 0 spiro atoms. The number of alkyl halides is 1. The quantitative estimate of drug-likeness (QED) is 0.664. The van der Waals surface area contributed by atoms with Gasteiger partial charge in [0.15, 0.2) is 9.84 Å². The molecule has 0 aromatic heterocycles. The molecule has 0 fully saturated rings. The normalized spacial score (nSPS) is 18.1. The van der Waals surface area contributed by atoms with E-state index in [1.54, 1.807) is 6.07 Å². The Bertz CT molecular complexity index is 485. The molecule has 1 aromatic rings. The van der Waals surface area contributed by atoms with Crippen molar-refractivity contribution in [3.8, 4) is 0 Å². The van der Waals surface area contributed by atoms with Crippen molar-refractivity contribution in [3.63, 3.8) is 0 Å². The summed E-state index contributed by atoms with van der Waals surface area (Å²) in [4.78, 5) is 0.508. The predicted octanol–water partition coefficient (Wildman–Crippen LogP) is 1.69. The molecule has 0 amide bonds. The van der Waals surface area contributed by atoms with E-state index >= 15 is 0 Å². The van der Waals surface area contributed by atoms with Crippen molar-refractivity contribution in [3.05, 3.63) is 29.3 Å². The number of nitrogens with one attached hydrogen (secondary N) is 1. The molecule has 5 heteroatoms. The number of halogens is 1. The van der Waals surface area contributed by atoms with Gasteiger partial charge >= 0.3 is 0 Å². The van der Waals surface area contributed by atoms with Crippen LogP contribution in [0.4, 0.5) is 0 Å². The van der Waals surface area contributed by atoms with Gasteiger partial charge in [-0.1, -0.05) is 12.1 Å². The van der Waals surface area contributed by atoms with E-state index in [-0.39, 0.29) is 5.75 Å². The van der Waals surface area contributed by atoms with Gasteiger partial charge < -0.3 is 0 Å². The lowest BCUT2D eigenvalue weighted by molar-refractivity contribution is 0.586. The Balaban J connectivity index is 2.32. The number of benzene rings is 1. The van der Waals surface area contributed by atoms with Gasteiger partial charge in [0.05, 0.1) is 16.7 Å². The van der Waals surface area contributed by atoms with Crippen molar-refractivity contribution in [1.82, 2.24) is 5.32 Å². The minimum Gasteiger partial charge on any atom is -0.300 e. The molecule has 1 heterocycles. The maximum absolute atomic E-state index is 11.8. The molecule has 2 rings (SSSR count). The van der Waals surface area contributed by atoms with E-state index < -0.39 is 9.84 Å². The molecule has 0 bridgehead atoms. The second-order valence-electron chi connectivity index (χ2n) is 3.92. The third kappa shape index (κ3) is 2.39. The van der Waals surface area contributed by atoms with Crippen LogP contribution in [0.2, 0.25) is 0 Å². The first-order valence-electron chi connectivity index (χ1n) is 5.25. The second-order valence-corrected chi connectivity index (χ2v) is 6.27. The van der Waals surface area contributed by atoms with Crippen LogP contribution in [0, 0.1) is 0 Å². The molecule has 0 saturated heterocycles. The Kier molecular flexibility index (Phi) is 3.52. The van der Waals surface area contributed by atoms with Crippen LogP contribution in [0.15, 0.2) is 23.1 Å². The lowest BCUT2D eigenvalue weighted by atomic mass is 10.1. The van der Waals surface area contributed by atoms with Crippen molar-refractivity contribution < 1.29 is 8.42 Å². The second kappa shape index (κ2) is 4.73. The van der Waals surface area contributed by atoms with Crippen LogP contribution in [0.3, 0.4) is 0 Å². The Morgan fingerprint density at radius 1 is 1.38 bits per heavy atom. The Labute approximate surface area is 101 Å². The van der Waals surface area contributed by atoms with Crippen LogP contribution in [-0.2, 0) is 22.8 Å². The number of aryl methyl sites for hydroxylation is 1. The number of fused-ring (bicyclic) bond motifs is 1. The fraction of sp³-hybridized carbons (Fsp3) is 0.455. The third-order valence-electron chi connectivity index (χ3n) is 2.74. The van der Waals surface area contributed by atoms with Crippen LogP contribution >= 0.6 is 11.6 Å². The van der Waals surface area contributed by atoms with Gasteiger partial charge in [-0.2, -0.15) is 0 Å². The minimum absolute atomic E-state index is 0.277. The predicted molar refractivity (Wildman–Crippen MR) is 64.4 cm³/mol. The topological polar surface area (TPSA) is 46.2 Å². The maximum atomic E-state index is 11.8. The van der Waals surface area contributed by atoms with E-state index in [0.29, 0.717) is 17.4 Å². The highest BCUT2D eigenvalue weighted by Gasteiger charge is 2.23. The highest BCUT2D eigenvalue weighted by atomic mass is 35.5. The molecule has 0 saturated carbocycles. The monoisotopic (exact) mass is 259 g/mol. The summed E-state index contributed by atoms with van der Waals surface area (Å²) in [6, 6.07) is 5.93. The average Bonchev–Trinajstić information content (AvgIpc) is 2.25. The van der Waals surface area contributed by atoms with Crippen LogP contribution in [0.25, 0.3) is 0 Å². The Morgan fingerprint density at radius 2 is 2.19 bits per heavy atom. The highest BCUT2D eigenvalue weighted by molar-refractivity contribution is 7.91. The number of hydrogen-bond acceptors (Lipinski definition) is 3. The molecular weight excluding hydrogens is 246 g/mol. The van der Waals surface area contributed by atoms with Gasteiger partial charge in [0, 0.05) is 6.54 Å². The summed E-state index contributed by atoms with van der Waals surface area (Å²) in [5.41, 5.74) is 2.02. The zero-order chi connectivity index (χ0) is 11.6. The average molecular weight is 260 g/mol.